The number of aliphatic hydroxyl groups is 1. The van der Waals surface area contributed by atoms with Gasteiger partial charge in [-0.15, -0.1) is 0 Å². The Morgan fingerprint density at radius 2 is 1.91 bits per heavy atom. The zero-order valence-corrected chi connectivity index (χ0v) is 19.2. The predicted octanol–water partition coefficient (Wildman–Crippen LogP) is 0.939. The highest BCUT2D eigenvalue weighted by Crippen LogP contribution is 2.19. The van der Waals surface area contributed by atoms with Crippen LogP contribution in [0.3, 0.4) is 0 Å². The molecule has 2 aromatic heterocycles. The Bertz CT molecular complexity index is 1210. The predicted molar refractivity (Wildman–Crippen MR) is 123 cm³/mol. The maximum Gasteiger partial charge on any atom is 0.332 e. The van der Waals surface area contributed by atoms with Gasteiger partial charge in [0.25, 0.3) is 5.56 Å². The van der Waals surface area contributed by atoms with Crippen molar-refractivity contribution < 1.29 is 14.6 Å². The SMILES string of the molecule is COCCCNc1nc2c(c(=O)n(C)c(=O)n2C)n1C[C@@H](O)COc1ccc(C)c(C)c1. The molecule has 0 bridgehead atoms. The fourth-order valence-corrected chi connectivity index (χ4v) is 3.44. The van der Waals surface area contributed by atoms with Crippen molar-refractivity contribution in [3.63, 3.8) is 0 Å². The smallest absolute Gasteiger partial charge is 0.332 e. The Morgan fingerprint density at radius 1 is 1.16 bits per heavy atom. The molecule has 174 valence electrons. The van der Waals surface area contributed by atoms with Gasteiger partial charge >= 0.3 is 5.69 Å². The summed E-state index contributed by atoms with van der Waals surface area (Å²) in [5, 5.41) is 13.9. The van der Waals surface area contributed by atoms with Gasteiger partial charge in [0.15, 0.2) is 11.2 Å². The van der Waals surface area contributed by atoms with Crippen molar-refractivity contribution in [1.82, 2.24) is 18.7 Å². The first-order chi connectivity index (χ1) is 15.2. The van der Waals surface area contributed by atoms with Crippen LogP contribution in [-0.4, -0.2) is 56.8 Å². The second-order valence-electron chi connectivity index (χ2n) is 7.91. The minimum absolute atomic E-state index is 0.0391. The first-order valence-corrected chi connectivity index (χ1v) is 10.5. The van der Waals surface area contributed by atoms with Gasteiger partial charge in [-0.3, -0.25) is 13.9 Å². The largest absolute Gasteiger partial charge is 0.491 e. The van der Waals surface area contributed by atoms with E-state index in [0.717, 1.165) is 22.1 Å². The topological polar surface area (TPSA) is 113 Å². The van der Waals surface area contributed by atoms with Crippen molar-refractivity contribution in [3.05, 3.63) is 50.2 Å². The summed E-state index contributed by atoms with van der Waals surface area (Å²) in [5.74, 6) is 1.07. The molecule has 2 N–H and O–H groups in total. The molecule has 0 saturated heterocycles. The minimum Gasteiger partial charge on any atom is -0.491 e. The zero-order valence-electron chi connectivity index (χ0n) is 19.2. The van der Waals surface area contributed by atoms with Gasteiger partial charge in [-0.2, -0.15) is 4.98 Å². The van der Waals surface area contributed by atoms with Gasteiger partial charge in [0, 0.05) is 34.4 Å². The number of aliphatic hydroxyl groups excluding tert-OH is 1. The zero-order chi connectivity index (χ0) is 23.4. The van der Waals surface area contributed by atoms with Crippen LogP contribution < -0.4 is 21.3 Å². The third kappa shape index (κ3) is 4.86. The number of nitrogens with one attached hydrogen (secondary N) is 1. The Morgan fingerprint density at radius 3 is 2.59 bits per heavy atom. The number of imidazole rings is 1. The molecule has 0 aliphatic carbocycles. The van der Waals surface area contributed by atoms with E-state index in [9.17, 15) is 14.7 Å². The quantitative estimate of drug-likeness (QED) is 0.447. The third-order valence-electron chi connectivity index (χ3n) is 5.47. The average Bonchev–Trinajstić information content (AvgIpc) is 3.12. The van der Waals surface area contributed by atoms with E-state index in [2.05, 4.69) is 10.3 Å². The molecule has 0 spiro atoms. The highest BCUT2D eigenvalue weighted by atomic mass is 16.5. The van der Waals surface area contributed by atoms with E-state index in [1.165, 1.54) is 11.6 Å². The van der Waals surface area contributed by atoms with Crippen LogP contribution in [0, 0.1) is 13.8 Å². The van der Waals surface area contributed by atoms with E-state index in [1.807, 2.05) is 32.0 Å². The Labute approximate surface area is 186 Å². The highest BCUT2D eigenvalue weighted by Gasteiger charge is 2.21. The molecule has 0 radical (unpaired) electrons. The minimum atomic E-state index is -0.907. The van der Waals surface area contributed by atoms with Crippen LogP contribution in [0.5, 0.6) is 5.75 Å². The maximum absolute atomic E-state index is 12.9. The number of hydrogen-bond donors (Lipinski definition) is 2. The molecule has 3 aromatic rings. The fourth-order valence-electron chi connectivity index (χ4n) is 3.44. The number of rotatable bonds is 10. The summed E-state index contributed by atoms with van der Waals surface area (Å²) in [6.07, 6.45) is -0.176. The molecule has 0 amide bonds. The first-order valence-electron chi connectivity index (χ1n) is 10.5. The van der Waals surface area contributed by atoms with Crippen molar-refractivity contribution in [1.29, 1.82) is 0 Å². The molecule has 0 aliphatic rings. The monoisotopic (exact) mass is 445 g/mol. The van der Waals surface area contributed by atoms with E-state index in [4.69, 9.17) is 9.47 Å². The number of benzene rings is 1. The molecule has 0 aliphatic heterocycles. The molecule has 10 heteroatoms. The van der Waals surface area contributed by atoms with Gasteiger partial charge in [0.1, 0.15) is 18.5 Å². The number of hydrogen-bond acceptors (Lipinski definition) is 7. The van der Waals surface area contributed by atoms with Crippen LogP contribution >= 0.6 is 0 Å². The molecular formula is C22H31N5O5. The lowest BCUT2D eigenvalue weighted by Crippen LogP contribution is -2.38. The van der Waals surface area contributed by atoms with Crippen LogP contribution in [-0.2, 0) is 25.4 Å². The van der Waals surface area contributed by atoms with Crippen molar-refractivity contribution in [2.24, 2.45) is 14.1 Å². The Kier molecular flexibility index (Phi) is 7.37. The molecule has 0 fully saturated rings. The number of aromatic nitrogens is 4. The summed E-state index contributed by atoms with van der Waals surface area (Å²) >= 11 is 0. The standard InChI is InChI=1S/C22H31N5O5/c1-14-7-8-17(11-15(14)2)32-13-16(28)12-27-18-19(24-21(27)23-9-6-10-31-5)25(3)22(30)26(4)20(18)29/h7-8,11,16,28H,6,9-10,12-13H2,1-5H3,(H,23,24)/t16-/m1/s1. The lowest BCUT2D eigenvalue weighted by Gasteiger charge is -2.16. The van der Waals surface area contributed by atoms with Crippen molar-refractivity contribution in [2.75, 3.05) is 32.2 Å². The lowest BCUT2D eigenvalue weighted by molar-refractivity contribution is 0.0937. The number of anilines is 1. The summed E-state index contributed by atoms with van der Waals surface area (Å²) in [6, 6.07) is 5.74. The normalized spacial score (nSPS) is 12.3. The molecule has 1 aromatic carbocycles. The number of aryl methyl sites for hydroxylation is 3. The summed E-state index contributed by atoms with van der Waals surface area (Å²) in [5.41, 5.74) is 1.83. The van der Waals surface area contributed by atoms with Gasteiger partial charge in [0.05, 0.1) is 6.54 Å². The molecule has 2 heterocycles. The van der Waals surface area contributed by atoms with Crippen LogP contribution in [0.2, 0.25) is 0 Å². The second-order valence-corrected chi connectivity index (χ2v) is 7.91. The van der Waals surface area contributed by atoms with Gasteiger partial charge < -0.3 is 24.5 Å². The molecule has 32 heavy (non-hydrogen) atoms. The van der Waals surface area contributed by atoms with Crippen molar-refractivity contribution in [2.45, 2.75) is 32.9 Å². The molecule has 3 rings (SSSR count). The molecule has 10 nitrogen and oxygen atoms in total. The first kappa shape index (κ1) is 23.6. The number of ether oxygens (including phenoxy) is 2. The van der Waals surface area contributed by atoms with E-state index in [-0.39, 0.29) is 24.3 Å². The van der Waals surface area contributed by atoms with Crippen LogP contribution in [0.1, 0.15) is 17.5 Å². The van der Waals surface area contributed by atoms with Crippen LogP contribution in [0.15, 0.2) is 27.8 Å². The maximum atomic E-state index is 12.9. The summed E-state index contributed by atoms with van der Waals surface area (Å²) in [4.78, 5) is 29.7. The number of methoxy groups -OCH3 is 1. The van der Waals surface area contributed by atoms with E-state index in [0.29, 0.717) is 24.8 Å². The van der Waals surface area contributed by atoms with Gasteiger partial charge in [-0.05, 0) is 43.5 Å². The lowest BCUT2D eigenvalue weighted by atomic mass is 10.1. The number of nitrogens with zero attached hydrogens (tertiary/aromatic N) is 4. The van der Waals surface area contributed by atoms with E-state index < -0.39 is 17.4 Å². The Balaban J connectivity index is 1.89. The van der Waals surface area contributed by atoms with Crippen LogP contribution in [0.4, 0.5) is 5.95 Å². The van der Waals surface area contributed by atoms with Crippen molar-refractivity contribution in [3.8, 4) is 5.75 Å². The second kappa shape index (κ2) is 10.0. The molecule has 0 unspecified atom stereocenters. The number of fused-ring (bicyclic) bond motifs is 1. The molecule has 1 atom stereocenters. The molecule has 0 saturated carbocycles. The summed E-state index contributed by atoms with van der Waals surface area (Å²) in [6.45, 7) is 5.25. The van der Waals surface area contributed by atoms with E-state index in [1.54, 1.807) is 18.7 Å². The summed E-state index contributed by atoms with van der Waals surface area (Å²) in [7, 11) is 4.61. The van der Waals surface area contributed by atoms with E-state index >= 15 is 0 Å². The van der Waals surface area contributed by atoms with Gasteiger partial charge in [0.2, 0.25) is 5.95 Å². The summed E-state index contributed by atoms with van der Waals surface area (Å²) < 4.78 is 14.8. The van der Waals surface area contributed by atoms with Gasteiger partial charge in [-0.25, -0.2) is 4.79 Å². The fraction of sp³-hybridized carbons (Fsp3) is 0.500. The third-order valence-corrected chi connectivity index (χ3v) is 5.47. The average molecular weight is 446 g/mol. The molecular weight excluding hydrogens is 414 g/mol. The van der Waals surface area contributed by atoms with Crippen molar-refractivity contribution >= 4 is 17.1 Å². The highest BCUT2D eigenvalue weighted by molar-refractivity contribution is 5.74. The van der Waals surface area contributed by atoms with Crippen LogP contribution in [0.25, 0.3) is 11.2 Å². The van der Waals surface area contributed by atoms with Gasteiger partial charge in [-0.1, -0.05) is 6.07 Å². The Hall–Kier alpha value is -3.11.